The lowest BCUT2D eigenvalue weighted by atomic mass is 10.1. The summed E-state index contributed by atoms with van der Waals surface area (Å²) in [4.78, 5) is 24.6. The molecule has 1 aliphatic rings. The summed E-state index contributed by atoms with van der Waals surface area (Å²) in [5.74, 6) is 1.59. The quantitative estimate of drug-likeness (QED) is 0.451. The molecule has 7 heteroatoms. The second-order valence-corrected chi connectivity index (χ2v) is 6.71. The van der Waals surface area contributed by atoms with Gasteiger partial charge in [0.2, 0.25) is 0 Å². The van der Waals surface area contributed by atoms with Gasteiger partial charge in [-0.1, -0.05) is 12.1 Å². The highest BCUT2D eigenvalue weighted by atomic mass is 15.0. The molecule has 5 aromatic rings. The van der Waals surface area contributed by atoms with Crippen molar-refractivity contribution in [3.05, 3.63) is 54.5 Å². The average Bonchev–Trinajstić information content (AvgIpc) is 3.42. The van der Waals surface area contributed by atoms with Gasteiger partial charge < -0.3 is 15.3 Å². The van der Waals surface area contributed by atoms with Crippen molar-refractivity contribution in [3.8, 4) is 22.8 Å². The maximum absolute atomic E-state index is 4.65. The molecule has 3 N–H and O–H groups in total. The van der Waals surface area contributed by atoms with E-state index >= 15 is 0 Å². The van der Waals surface area contributed by atoms with Crippen LogP contribution >= 0.6 is 0 Å². The number of benzene rings is 1. The first-order valence-electron chi connectivity index (χ1n) is 8.86. The molecular weight excluding hydrogens is 338 g/mol. The van der Waals surface area contributed by atoms with Crippen LogP contribution in [0, 0.1) is 0 Å². The summed E-state index contributed by atoms with van der Waals surface area (Å²) in [6, 6.07) is 10.3. The molecule has 7 nitrogen and oxygen atoms in total. The third kappa shape index (κ3) is 2.28. The molecule has 0 atom stereocenters. The van der Waals surface area contributed by atoms with Crippen LogP contribution in [0.5, 0.6) is 0 Å². The van der Waals surface area contributed by atoms with E-state index < -0.39 is 0 Å². The van der Waals surface area contributed by atoms with Crippen molar-refractivity contribution >= 4 is 27.9 Å². The van der Waals surface area contributed by atoms with E-state index in [9.17, 15) is 0 Å². The Morgan fingerprint density at radius 1 is 0.852 bits per heavy atom. The number of nitrogens with zero attached hydrogens (tertiary/aromatic N) is 4. The van der Waals surface area contributed by atoms with E-state index in [1.807, 2.05) is 12.1 Å². The van der Waals surface area contributed by atoms with Crippen LogP contribution in [0.2, 0.25) is 0 Å². The Morgan fingerprint density at radius 3 is 2.74 bits per heavy atom. The molecular formula is C20H15N7. The van der Waals surface area contributed by atoms with Crippen LogP contribution in [-0.2, 0) is 6.42 Å². The fraction of sp³-hybridized carbons (Fsp3) is 0.100. The Balaban J connectivity index is 1.43. The van der Waals surface area contributed by atoms with Crippen LogP contribution in [0.25, 0.3) is 45.0 Å². The number of nitrogens with one attached hydrogen (secondary N) is 3. The van der Waals surface area contributed by atoms with Gasteiger partial charge in [0.25, 0.3) is 0 Å². The van der Waals surface area contributed by atoms with Gasteiger partial charge in [0, 0.05) is 35.8 Å². The Hall–Kier alpha value is -3.74. The van der Waals surface area contributed by atoms with E-state index in [1.54, 1.807) is 18.6 Å². The zero-order chi connectivity index (χ0) is 17.8. The number of H-pyrrole nitrogens is 2. The molecule has 0 fully saturated rings. The minimum absolute atomic E-state index is 0.694. The maximum atomic E-state index is 4.65. The molecule has 0 unspecified atom stereocenters. The zero-order valence-electron chi connectivity index (χ0n) is 14.3. The standard InChI is InChI=1S/C20H15N7/c1-2-12(7-15-11(1)3-6-22-15)18-25-16-8-13(9-23-20(16)27-18)19-24-14-4-5-21-10-17(14)26-19/h1-2,4-5,7-10,22H,3,6H2,(H,24,26)(H,23,25,27). The summed E-state index contributed by atoms with van der Waals surface area (Å²) in [5, 5.41) is 3.41. The van der Waals surface area contributed by atoms with E-state index in [1.165, 1.54) is 11.3 Å². The third-order valence-electron chi connectivity index (χ3n) is 4.99. The number of pyridine rings is 2. The van der Waals surface area contributed by atoms with Crippen molar-refractivity contribution in [2.24, 2.45) is 0 Å². The topological polar surface area (TPSA) is 95.2 Å². The summed E-state index contributed by atoms with van der Waals surface area (Å²) in [6.07, 6.45) is 6.38. The lowest BCUT2D eigenvalue weighted by Gasteiger charge is -2.02. The number of hydrogen-bond acceptors (Lipinski definition) is 5. The molecule has 6 rings (SSSR count). The van der Waals surface area contributed by atoms with Gasteiger partial charge in [-0.3, -0.25) is 4.98 Å². The van der Waals surface area contributed by atoms with E-state index in [0.29, 0.717) is 5.65 Å². The molecule has 0 saturated heterocycles. The van der Waals surface area contributed by atoms with Gasteiger partial charge in [0.05, 0.1) is 22.7 Å². The van der Waals surface area contributed by atoms with Gasteiger partial charge in [0.15, 0.2) is 5.65 Å². The lowest BCUT2D eigenvalue weighted by molar-refractivity contribution is 1.11. The fourth-order valence-corrected chi connectivity index (χ4v) is 3.60. The minimum atomic E-state index is 0.694. The molecule has 0 aliphatic carbocycles. The number of hydrogen-bond donors (Lipinski definition) is 3. The first kappa shape index (κ1) is 14.4. The van der Waals surface area contributed by atoms with Gasteiger partial charge >= 0.3 is 0 Å². The van der Waals surface area contributed by atoms with Crippen molar-refractivity contribution in [1.29, 1.82) is 0 Å². The molecule has 5 heterocycles. The van der Waals surface area contributed by atoms with Gasteiger partial charge in [-0.15, -0.1) is 0 Å². The average molecular weight is 353 g/mol. The zero-order valence-corrected chi connectivity index (χ0v) is 14.3. The van der Waals surface area contributed by atoms with Crippen molar-refractivity contribution in [1.82, 2.24) is 29.9 Å². The summed E-state index contributed by atoms with van der Waals surface area (Å²) < 4.78 is 0. The molecule has 4 aromatic heterocycles. The summed E-state index contributed by atoms with van der Waals surface area (Å²) in [7, 11) is 0. The SMILES string of the molecule is c1cc2nc(-c3cnc4nc(-c5ccc6c(c5)NCC6)[nH]c4c3)[nH]c2cn1. The predicted molar refractivity (Wildman–Crippen MR) is 104 cm³/mol. The second-order valence-electron chi connectivity index (χ2n) is 6.71. The van der Waals surface area contributed by atoms with Gasteiger partial charge in [-0.05, 0) is 30.2 Å². The van der Waals surface area contributed by atoms with E-state index in [2.05, 4.69) is 53.4 Å². The highest BCUT2D eigenvalue weighted by molar-refractivity contribution is 5.83. The van der Waals surface area contributed by atoms with Gasteiger partial charge in [-0.2, -0.15) is 0 Å². The normalized spacial score (nSPS) is 13.2. The van der Waals surface area contributed by atoms with E-state index in [0.717, 1.165) is 52.3 Å². The highest BCUT2D eigenvalue weighted by Gasteiger charge is 2.14. The third-order valence-corrected chi connectivity index (χ3v) is 4.99. The number of imidazole rings is 2. The molecule has 0 bridgehead atoms. The molecule has 0 radical (unpaired) electrons. The maximum Gasteiger partial charge on any atom is 0.178 e. The van der Waals surface area contributed by atoms with Crippen molar-refractivity contribution < 1.29 is 0 Å². The monoisotopic (exact) mass is 353 g/mol. The van der Waals surface area contributed by atoms with Crippen LogP contribution in [0.15, 0.2) is 48.9 Å². The number of aromatic nitrogens is 6. The first-order chi connectivity index (χ1) is 13.3. The lowest BCUT2D eigenvalue weighted by Crippen LogP contribution is -1.91. The second kappa shape index (κ2) is 5.38. The first-order valence-corrected chi connectivity index (χ1v) is 8.86. The molecule has 0 amide bonds. The predicted octanol–water partition coefficient (Wildman–Crippen LogP) is 3.53. The molecule has 130 valence electrons. The smallest absolute Gasteiger partial charge is 0.178 e. The molecule has 0 spiro atoms. The Labute approximate surface area is 153 Å². The van der Waals surface area contributed by atoms with Crippen molar-refractivity contribution in [2.75, 3.05) is 11.9 Å². The van der Waals surface area contributed by atoms with Gasteiger partial charge in [0.1, 0.15) is 11.6 Å². The number of anilines is 1. The number of fused-ring (bicyclic) bond motifs is 3. The summed E-state index contributed by atoms with van der Waals surface area (Å²) >= 11 is 0. The number of aromatic amines is 2. The Morgan fingerprint density at radius 2 is 1.78 bits per heavy atom. The minimum Gasteiger partial charge on any atom is -0.384 e. The van der Waals surface area contributed by atoms with Crippen LogP contribution in [-0.4, -0.2) is 36.4 Å². The highest BCUT2D eigenvalue weighted by Crippen LogP contribution is 2.29. The van der Waals surface area contributed by atoms with Crippen molar-refractivity contribution in [3.63, 3.8) is 0 Å². The van der Waals surface area contributed by atoms with Crippen LogP contribution in [0.1, 0.15) is 5.56 Å². The molecule has 1 aliphatic heterocycles. The molecule has 1 aromatic carbocycles. The van der Waals surface area contributed by atoms with Crippen LogP contribution in [0.3, 0.4) is 0 Å². The Bertz CT molecular complexity index is 1280. The van der Waals surface area contributed by atoms with Gasteiger partial charge in [-0.25, -0.2) is 15.0 Å². The largest absolute Gasteiger partial charge is 0.384 e. The van der Waals surface area contributed by atoms with E-state index in [4.69, 9.17) is 0 Å². The van der Waals surface area contributed by atoms with Crippen LogP contribution < -0.4 is 5.32 Å². The van der Waals surface area contributed by atoms with Crippen LogP contribution in [0.4, 0.5) is 5.69 Å². The molecule has 0 saturated carbocycles. The summed E-state index contributed by atoms with van der Waals surface area (Å²) in [5.41, 5.74) is 7.88. The fourth-order valence-electron chi connectivity index (χ4n) is 3.60. The van der Waals surface area contributed by atoms with Crippen molar-refractivity contribution in [2.45, 2.75) is 6.42 Å². The molecule has 27 heavy (non-hydrogen) atoms. The van der Waals surface area contributed by atoms with E-state index in [-0.39, 0.29) is 0 Å². The summed E-state index contributed by atoms with van der Waals surface area (Å²) in [6.45, 7) is 0.997. The Kier molecular flexibility index (Phi) is 2.87. The number of rotatable bonds is 2.